The Morgan fingerprint density at radius 2 is 1.73 bits per heavy atom. The van der Waals surface area contributed by atoms with Gasteiger partial charge in [-0.15, -0.1) is 10.2 Å². The molecular formula is C23H29N5O2. The number of carbonyl (C=O) groups excluding carboxylic acids is 2. The summed E-state index contributed by atoms with van der Waals surface area (Å²) in [6.45, 7) is 5.61. The molecular weight excluding hydrogens is 378 g/mol. The lowest BCUT2D eigenvalue weighted by Gasteiger charge is -2.36. The molecule has 1 saturated heterocycles. The molecule has 4 rings (SSSR count). The summed E-state index contributed by atoms with van der Waals surface area (Å²) >= 11 is 0. The molecule has 30 heavy (non-hydrogen) atoms. The van der Waals surface area contributed by atoms with Gasteiger partial charge in [-0.1, -0.05) is 37.3 Å². The third-order valence-corrected chi connectivity index (χ3v) is 5.73. The average Bonchev–Trinajstić information content (AvgIpc) is 3.65. The normalized spacial score (nSPS) is 16.4. The zero-order chi connectivity index (χ0) is 20.9. The molecule has 2 amide bonds. The number of rotatable bonds is 7. The van der Waals surface area contributed by atoms with Gasteiger partial charge in [0.1, 0.15) is 0 Å². The summed E-state index contributed by atoms with van der Waals surface area (Å²) in [5, 5.41) is 8.75. The molecule has 0 atom stereocenters. The molecule has 2 heterocycles. The quantitative estimate of drug-likeness (QED) is 0.705. The second kappa shape index (κ2) is 9.24. The molecule has 2 fully saturated rings. The van der Waals surface area contributed by atoms with E-state index in [1.165, 1.54) is 0 Å². The van der Waals surface area contributed by atoms with E-state index in [0.29, 0.717) is 19.6 Å². The minimum Gasteiger partial charge on any atom is -0.352 e. The highest BCUT2D eigenvalue weighted by molar-refractivity contribution is 5.87. The Labute approximate surface area is 177 Å². The molecule has 1 aromatic carbocycles. The smallest absolute Gasteiger partial charge is 0.242 e. The molecule has 1 aliphatic heterocycles. The fourth-order valence-electron chi connectivity index (χ4n) is 3.83. The Kier molecular flexibility index (Phi) is 6.26. The van der Waals surface area contributed by atoms with Gasteiger partial charge in [-0.05, 0) is 31.4 Å². The SMILES string of the molecule is CCCN(CC(=O)N1CCN(c2ccc(-c3ccccc3)nn2)CC1)C(=O)C1CC1. The number of amides is 2. The lowest BCUT2D eigenvalue weighted by atomic mass is 10.1. The van der Waals surface area contributed by atoms with Crippen molar-refractivity contribution in [1.29, 1.82) is 0 Å². The van der Waals surface area contributed by atoms with Crippen LogP contribution in [0.2, 0.25) is 0 Å². The third-order valence-electron chi connectivity index (χ3n) is 5.73. The van der Waals surface area contributed by atoms with Gasteiger partial charge in [0.2, 0.25) is 11.8 Å². The zero-order valence-corrected chi connectivity index (χ0v) is 17.5. The summed E-state index contributed by atoms with van der Waals surface area (Å²) in [5.41, 5.74) is 1.90. The Morgan fingerprint density at radius 3 is 2.33 bits per heavy atom. The Balaban J connectivity index is 1.31. The van der Waals surface area contributed by atoms with E-state index in [4.69, 9.17) is 0 Å². The van der Waals surface area contributed by atoms with Crippen molar-refractivity contribution in [2.75, 3.05) is 44.2 Å². The third kappa shape index (κ3) is 4.78. The molecule has 0 N–H and O–H groups in total. The van der Waals surface area contributed by atoms with Crippen LogP contribution in [0.5, 0.6) is 0 Å². The number of piperazine rings is 1. The summed E-state index contributed by atoms with van der Waals surface area (Å²) in [4.78, 5) is 30.9. The summed E-state index contributed by atoms with van der Waals surface area (Å²) in [6.07, 6.45) is 2.81. The second-order valence-corrected chi connectivity index (χ2v) is 8.04. The maximum Gasteiger partial charge on any atom is 0.242 e. The van der Waals surface area contributed by atoms with E-state index in [-0.39, 0.29) is 24.3 Å². The van der Waals surface area contributed by atoms with Crippen LogP contribution in [0.3, 0.4) is 0 Å². The highest BCUT2D eigenvalue weighted by Crippen LogP contribution is 2.31. The van der Waals surface area contributed by atoms with Gasteiger partial charge in [-0.2, -0.15) is 0 Å². The first-order valence-electron chi connectivity index (χ1n) is 10.9. The van der Waals surface area contributed by atoms with Gasteiger partial charge in [0.25, 0.3) is 0 Å². The van der Waals surface area contributed by atoms with Gasteiger partial charge in [-0.3, -0.25) is 9.59 Å². The van der Waals surface area contributed by atoms with Crippen LogP contribution in [0.15, 0.2) is 42.5 Å². The molecule has 158 valence electrons. The number of nitrogens with zero attached hydrogens (tertiary/aromatic N) is 5. The highest BCUT2D eigenvalue weighted by Gasteiger charge is 2.34. The number of hydrogen-bond acceptors (Lipinski definition) is 5. The standard InChI is InChI=1S/C23H29N5O2/c1-2-12-28(23(30)19-8-9-19)17-22(29)27-15-13-26(14-16-27)21-11-10-20(24-25-21)18-6-4-3-5-7-18/h3-7,10-11,19H,2,8-9,12-17H2,1H3. The van der Waals surface area contributed by atoms with Crippen molar-refractivity contribution in [2.45, 2.75) is 26.2 Å². The Hall–Kier alpha value is -2.96. The molecule has 0 radical (unpaired) electrons. The van der Waals surface area contributed by atoms with Crippen LogP contribution in [0.4, 0.5) is 5.82 Å². The molecule has 2 aliphatic rings. The lowest BCUT2D eigenvalue weighted by molar-refractivity contribution is -0.141. The van der Waals surface area contributed by atoms with Crippen molar-refractivity contribution in [3.05, 3.63) is 42.5 Å². The summed E-state index contributed by atoms with van der Waals surface area (Å²) in [5.74, 6) is 1.18. The van der Waals surface area contributed by atoms with E-state index in [9.17, 15) is 9.59 Å². The van der Waals surface area contributed by atoms with E-state index in [1.54, 1.807) is 4.90 Å². The molecule has 1 aliphatic carbocycles. The number of aromatic nitrogens is 2. The summed E-state index contributed by atoms with van der Waals surface area (Å²) in [6, 6.07) is 14.0. The van der Waals surface area contributed by atoms with E-state index in [2.05, 4.69) is 15.1 Å². The van der Waals surface area contributed by atoms with Crippen LogP contribution in [-0.4, -0.2) is 71.1 Å². The molecule has 0 unspecified atom stereocenters. The predicted molar refractivity (Wildman–Crippen MR) is 116 cm³/mol. The minimum absolute atomic E-state index is 0.0441. The average molecular weight is 408 g/mol. The van der Waals surface area contributed by atoms with Gasteiger partial charge in [0, 0.05) is 44.2 Å². The van der Waals surface area contributed by atoms with Gasteiger partial charge in [0.05, 0.1) is 12.2 Å². The second-order valence-electron chi connectivity index (χ2n) is 8.04. The number of benzene rings is 1. The van der Waals surface area contributed by atoms with Crippen LogP contribution in [-0.2, 0) is 9.59 Å². The number of carbonyl (C=O) groups is 2. The van der Waals surface area contributed by atoms with E-state index < -0.39 is 0 Å². The van der Waals surface area contributed by atoms with Crippen molar-refractivity contribution in [1.82, 2.24) is 20.0 Å². The largest absolute Gasteiger partial charge is 0.352 e. The van der Waals surface area contributed by atoms with Crippen LogP contribution in [0.1, 0.15) is 26.2 Å². The van der Waals surface area contributed by atoms with Crippen LogP contribution >= 0.6 is 0 Å². The Bertz CT molecular complexity index is 859. The van der Waals surface area contributed by atoms with Crippen molar-refractivity contribution >= 4 is 17.6 Å². The van der Waals surface area contributed by atoms with Gasteiger partial charge in [-0.25, -0.2) is 0 Å². The number of anilines is 1. The van der Waals surface area contributed by atoms with Crippen LogP contribution in [0, 0.1) is 5.92 Å². The molecule has 2 aromatic rings. The Morgan fingerprint density at radius 1 is 1.00 bits per heavy atom. The topological polar surface area (TPSA) is 69.6 Å². The van der Waals surface area contributed by atoms with Gasteiger partial charge in [0.15, 0.2) is 5.82 Å². The molecule has 7 heteroatoms. The van der Waals surface area contributed by atoms with Crippen molar-refractivity contribution in [2.24, 2.45) is 5.92 Å². The molecule has 0 spiro atoms. The van der Waals surface area contributed by atoms with Gasteiger partial charge < -0.3 is 14.7 Å². The first kappa shape index (κ1) is 20.3. The van der Waals surface area contributed by atoms with Crippen molar-refractivity contribution < 1.29 is 9.59 Å². The van der Waals surface area contributed by atoms with E-state index in [1.807, 2.05) is 54.3 Å². The first-order chi connectivity index (χ1) is 14.7. The van der Waals surface area contributed by atoms with Crippen molar-refractivity contribution in [3.63, 3.8) is 0 Å². The predicted octanol–water partition coefficient (Wildman–Crippen LogP) is 2.44. The van der Waals surface area contributed by atoms with Crippen LogP contribution < -0.4 is 4.90 Å². The highest BCUT2D eigenvalue weighted by atomic mass is 16.2. The van der Waals surface area contributed by atoms with Crippen LogP contribution in [0.25, 0.3) is 11.3 Å². The van der Waals surface area contributed by atoms with Gasteiger partial charge >= 0.3 is 0 Å². The summed E-state index contributed by atoms with van der Waals surface area (Å²) in [7, 11) is 0. The lowest BCUT2D eigenvalue weighted by Crippen LogP contribution is -2.52. The van der Waals surface area contributed by atoms with Crippen molar-refractivity contribution in [3.8, 4) is 11.3 Å². The summed E-state index contributed by atoms with van der Waals surface area (Å²) < 4.78 is 0. The minimum atomic E-state index is 0.0441. The van der Waals surface area contributed by atoms with E-state index in [0.717, 1.165) is 49.4 Å². The number of hydrogen-bond donors (Lipinski definition) is 0. The monoisotopic (exact) mass is 407 g/mol. The fraction of sp³-hybridized carbons (Fsp3) is 0.478. The molecule has 7 nitrogen and oxygen atoms in total. The first-order valence-corrected chi connectivity index (χ1v) is 10.9. The molecule has 1 saturated carbocycles. The molecule has 1 aromatic heterocycles. The van der Waals surface area contributed by atoms with E-state index >= 15 is 0 Å². The molecule has 0 bridgehead atoms. The fourth-order valence-corrected chi connectivity index (χ4v) is 3.83. The maximum atomic E-state index is 12.8. The maximum absolute atomic E-state index is 12.8. The zero-order valence-electron chi connectivity index (χ0n) is 17.5.